The van der Waals surface area contributed by atoms with Crippen molar-refractivity contribution in [3.8, 4) is 0 Å². The van der Waals surface area contributed by atoms with Crippen molar-refractivity contribution in [1.82, 2.24) is 29.1 Å². The highest BCUT2D eigenvalue weighted by molar-refractivity contribution is 8.44. The van der Waals surface area contributed by atoms with Gasteiger partial charge in [0.2, 0.25) is 0 Å². The van der Waals surface area contributed by atoms with E-state index < -0.39 is 67.6 Å². The maximum atomic E-state index is 13.2. The summed E-state index contributed by atoms with van der Waals surface area (Å²) in [5.41, 5.74) is 5.24. The van der Waals surface area contributed by atoms with Gasteiger partial charge in [0.1, 0.15) is 42.5 Å². The van der Waals surface area contributed by atoms with Crippen LogP contribution in [0.5, 0.6) is 0 Å². The number of nitrogens with zero attached hydrogens (tertiary/aromatic N) is 5. The first-order valence-corrected chi connectivity index (χ1v) is 14.3. The fourth-order valence-electron chi connectivity index (χ4n) is 4.55. The second-order valence-corrected chi connectivity index (χ2v) is 11.7. The Morgan fingerprint density at radius 3 is 2.74 bits per heavy atom. The number of aromatic amines is 1. The van der Waals surface area contributed by atoms with Gasteiger partial charge >= 0.3 is 12.5 Å². The summed E-state index contributed by atoms with van der Waals surface area (Å²) in [6.07, 6.45) is -2.89. The fourth-order valence-corrected chi connectivity index (χ4v) is 6.04. The van der Waals surface area contributed by atoms with Crippen molar-refractivity contribution >= 4 is 36.0 Å². The van der Waals surface area contributed by atoms with Crippen LogP contribution in [0.15, 0.2) is 34.5 Å². The third kappa shape index (κ3) is 5.52. The predicted molar refractivity (Wildman–Crippen MR) is 135 cm³/mol. The van der Waals surface area contributed by atoms with E-state index in [1.54, 1.807) is 4.57 Å². The molecule has 3 aromatic heterocycles. The number of aromatic nitrogens is 6. The fraction of sp³-hybridized carbons (Fsp3) is 0.550. The van der Waals surface area contributed by atoms with Crippen LogP contribution < -0.4 is 17.0 Å². The largest absolute Gasteiger partial charge is 0.394 e. The Balaban J connectivity index is 1.26. The monoisotopic (exact) mass is 587 g/mol. The number of imidazole rings is 1. The summed E-state index contributed by atoms with van der Waals surface area (Å²) in [6.45, 7) is -5.09. The molecule has 212 valence electrons. The van der Waals surface area contributed by atoms with Crippen LogP contribution in [-0.4, -0.2) is 90.1 Å². The molecule has 5 N–H and O–H groups in total. The van der Waals surface area contributed by atoms with E-state index in [1.807, 2.05) is 0 Å². The molecular formula is C20H26N7O10PS. The Hall–Kier alpha value is -2.67. The molecule has 19 heteroatoms. The predicted octanol–water partition coefficient (Wildman–Crippen LogP) is -1.05. The van der Waals surface area contributed by atoms with Gasteiger partial charge in [0.05, 0.1) is 25.6 Å². The number of fused-ring (bicyclic) bond motifs is 1. The molecule has 2 aliphatic rings. The lowest BCUT2D eigenvalue weighted by atomic mass is 10.1. The van der Waals surface area contributed by atoms with Crippen molar-refractivity contribution in [2.45, 2.75) is 49.4 Å². The molecule has 0 bridgehead atoms. The highest BCUT2D eigenvalue weighted by Gasteiger charge is 2.50. The van der Waals surface area contributed by atoms with Gasteiger partial charge in [0.25, 0.3) is 5.56 Å². The molecule has 0 saturated carbocycles. The number of ether oxygens (including phenoxy) is 3. The van der Waals surface area contributed by atoms with E-state index >= 15 is 0 Å². The minimum Gasteiger partial charge on any atom is -0.394 e. The summed E-state index contributed by atoms with van der Waals surface area (Å²) in [6, 6.07) is 1.11. The van der Waals surface area contributed by atoms with Gasteiger partial charge in [-0.15, -0.1) is 0 Å². The van der Waals surface area contributed by atoms with Crippen LogP contribution in [0, 0.1) is 0 Å². The Morgan fingerprint density at radius 2 is 2.03 bits per heavy atom. The van der Waals surface area contributed by atoms with Crippen LogP contribution in [0.4, 0.5) is 5.82 Å². The lowest BCUT2D eigenvalue weighted by Crippen LogP contribution is -2.39. The standard InChI is InChI=1S/C20H26N7O10PS/c1-33-16-15(10(5-28)36-19(16)26-3-2-12(30)25-20(26)31)37-38(32,39)34-6-11-9(29)4-13(35-11)27-8-24-14-17(21)22-7-23-18(14)27/h2-3,7-11,13,15-16,19,28-29H,4-6H2,1H3,(H,32,39)(H2,21,22,23)(H,25,30,31)/t9?,10-,11-,13-,15?,16?,19-,38?/m1/s1. The van der Waals surface area contributed by atoms with E-state index in [0.29, 0.717) is 11.2 Å². The second-order valence-electron chi connectivity index (χ2n) is 8.81. The van der Waals surface area contributed by atoms with Gasteiger partial charge in [-0.3, -0.25) is 28.0 Å². The van der Waals surface area contributed by atoms with E-state index in [4.69, 9.17) is 29.0 Å². The molecule has 5 heterocycles. The van der Waals surface area contributed by atoms with Crippen molar-refractivity contribution < 1.29 is 38.0 Å². The molecule has 0 spiro atoms. The number of nitrogens with one attached hydrogen (secondary N) is 1. The van der Waals surface area contributed by atoms with Crippen molar-refractivity contribution in [2.24, 2.45) is 0 Å². The van der Waals surface area contributed by atoms with E-state index in [9.17, 15) is 24.4 Å². The van der Waals surface area contributed by atoms with Gasteiger partial charge in [0, 0.05) is 25.8 Å². The maximum absolute atomic E-state index is 13.2. The molecule has 0 aliphatic carbocycles. The first-order valence-electron chi connectivity index (χ1n) is 11.6. The molecule has 2 saturated heterocycles. The van der Waals surface area contributed by atoms with Crippen LogP contribution in [0.3, 0.4) is 0 Å². The Bertz CT molecular complexity index is 1500. The van der Waals surface area contributed by atoms with Gasteiger partial charge in [-0.2, -0.15) is 0 Å². The molecule has 4 unspecified atom stereocenters. The zero-order valence-corrected chi connectivity index (χ0v) is 22.1. The van der Waals surface area contributed by atoms with Gasteiger partial charge in [0.15, 0.2) is 17.7 Å². The summed E-state index contributed by atoms with van der Waals surface area (Å²) in [5.74, 6) is 0.199. The molecule has 2 fully saturated rings. The lowest BCUT2D eigenvalue weighted by Gasteiger charge is -2.26. The zero-order chi connectivity index (χ0) is 27.9. The van der Waals surface area contributed by atoms with E-state index in [0.717, 1.165) is 10.6 Å². The van der Waals surface area contributed by atoms with E-state index in [2.05, 4.69) is 32.2 Å². The molecule has 3 aromatic rings. The number of aliphatic hydroxyl groups is 2. The summed E-state index contributed by atoms with van der Waals surface area (Å²) >= 11 is 4.03. The van der Waals surface area contributed by atoms with Crippen LogP contribution in [0.25, 0.3) is 11.2 Å². The molecule has 0 amide bonds. The third-order valence-electron chi connectivity index (χ3n) is 6.42. The van der Waals surface area contributed by atoms with Crippen LogP contribution in [0.1, 0.15) is 18.9 Å². The number of methoxy groups -OCH3 is 1. The smallest absolute Gasteiger partial charge is 0.386 e. The second kappa shape index (κ2) is 11.1. The number of nitrogens with two attached hydrogens (primary N) is 1. The number of thiol groups is 1. The quantitative estimate of drug-likeness (QED) is 0.149. The Kier molecular flexibility index (Phi) is 7.91. The van der Waals surface area contributed by atoms with Gasteiger partial charge < -0.3 is 30.2 Å². The first-order chi connectivity index (χ1) is 18.6. The SMILES string of the molecule is COC1C(OP(=O)(S)OC[C@H]2O[C@@H](n3cnc4c(N)ncnc43)CC2O)[C@@H](CO)O[C@H]1n1ccc(=O)[nH]c1=O. The van der Waals surface area contributed by atoms with Crippen LogP contribution >= 0.6 is 19.0 Å². The summed E-state index contributed by atoms with van der Waals surface area (Å²) < 4.78 is 43.9. The van der Waals surface area contributed by atoms with Crippen molar-refractivity contribution in [1.29, 1.82) is 0 Å². The number of nitrogen functional groups attached to an aromatic ring is 1. The molecule has 0 radical (unpaired) electrons. The summed E-state index contributed by atoms with van der Waals surface area (Å²) in [4.78, 5) is 38.0. The first kappa shape index (κ1) is 27.9. The number of rotatable bonds is 9. The molecule has 8 atom stereocenters. The van der Waals surface area contributed by atoms with Crippen molar-refractivity contribution in [3.05, 3.63) is 45.8 Å². The highest BCUT2D eigenvalue weighted by atomic mass is 32.7. The lowest BCUT2D eigenvalue weighted by molar-refractivity contribution is -0.0625. The maximum Gasteiger partial charge on any atom is 0.386 e. The Morgan fingerprint density at radius 1 is 1.23 bits per heavy atom. The number of hydrogen-bond donors (Lipinski definition) is 5. The topological polar surface area (TPSA) is 228 Å². The van der Waals surface area contributed by atoms with E-state index in [-0.39, 0.29) is 18.8 Å². The van der Waals surface area contributed by atoms with Crippen molar-refractivity contribution in [2.75, 3.05) is 26.1 Å². The molecular weight excluding hydrogens is 561 g/mol. The minimum atomic E-state index is -4.15. The number of hydrogen-bond acceptors (Lipinski definition) is 14. The highest BCUT2D eigenvalue weighted by Crippen LogP contribution is 2.56. The van der Waals surface area contributed by atoms with Crippen LogP contribution in [-0.2, 0) is 27.8 Å². The average Bonchev–Trinajstić information content (AvgIpc) is 3.58. The number of anilines is 1. The number of H-pyrrole nitrogens is 1. The summed E-state index contributed by atoms with van der Waals surface area (Å²) in [5, 5.41) is 20.4. The minimum absolute atomic E-state index is 0.158. The normalized spacial score (nSPS) is 30.6. The molecule has 5 rings (SSSR count). The molecule has 39 heavy (non-hydrogen) atoms. The molecule has 0 aromatic carbocycles. The summed E-state index contributed by atoms with van der Waals surface area (Å²) in [7, 11) is 1.30. The third-order valence-corrected chi connectivity index (χ3v) is 8.04. The molecule has 2 aliphatic heterocycles. The van der Waals surface area contributed by atoms with Gasteiger partial charge in [-0.05, 0) is 0 Å². The van der Waals surface area contributed by atoms with Gasteiger partial charge in [-0.1, -0.05) is 12.2 Å². The average molecular weight is 588 g/mol. The van der Waals surface area contributed by atoms with Crippen LogP contribution in [0.2, 0.25) is 0 Å². The Labute approximate surface area is 224 Å². The number of aliphatic hydroxyl groups excluding tert-OH is 2. The van der Waals surface area contributed by atoms with Crippen molar-refractivity contribution in [3.63, 3.8) is 0 Å². The van der Waals surface area contributed by atoms with E-state index in [1.165, 1.54) is 26.0 Å². The molecule has 17 nitrogen and oxygen atoms in total. The zero-order valence-electron chi connectivity index (χ0n) is 20.3. The van der Waals surface area contributed by atoms with Gasteiger partial charge in [-0.25, -0.2) is 24.3 Å².